The Balaban J connectivity index is 4.38. The molecule has 0 radical (unpaired) electrons. The van der Waals surface area contributed by atoms with Crippen molar-refractivity contribution in [2.75, 3.05) is 39.6 Å². The standard InChI is InChI=1S/C19H32O9/c1-13(2)9-25-18(21)27-12-16(28-19(22)26-10-14(3)4)11-23-7-8-24-17(20)15(5)6/h13-14,16H,5,7-12H2,1-4,6H3. The van der Waals surface area contributed by atoms with Crippen molar-refractivity contribution >= 4 is 18.3 Å². The monoisotopic (exact) mass is 404 g/mol. The lowest BCUT2D eigenvalue weighted by molar-refractivity contribution is -0.141. The summed E-state index contributed by atoms with van der Waals surface area (Å²) in [6.45, 7) is 12.7. The number of carbonyl (C=O) groups is 3. The summed E-state index contributed by atoms with van der Waals surface area (Å²) in [5, 5.41) is 0. The minimum Gasteiger partial charge on any atom is -0.460 e. The van der Waals surface area contributed by atoms with Crippen molar-refractivity contribution in [2.45, 2.75) is 40.7 Å². The summed E-state index contributed by atoms with van der Waals surface area (Å²) in [4.78, 5) is 34.5. The topological polar surface area (TPSA) is 107 Å². The first kappa shape index (κ1) is 25.7. The second-order valence-electron chi connectivity index (χ2n) is 6.95. The van der Waals surface area contributed by atoms with E-state index in [1.807, 2.05) is 27.7 Å². The number of ether oxygens (including phenoxy) is 6. The normalized spacial score (nSPS) is 11.7. The summed E-state index contributed by atoms with van der Waals surface area (Å²) >= 11 is 0. The summed E-state index contributed by atoms with van der Waals surface area (Å²) < 4.78 is 30.1. The van der Waals surface area contributed by atoms with Gasteiger partial charge in [0.15, 0.2) is 6.10 Å². The fourth-order valence-corrected chi connectivity index (χ4v) is 1.49. The van der Waals surface area contributed by atoms with Crippen molar-refractivity contribution in [1.82, 2.24) is 0 Å². The molecule has 0 aromatic heterocycles. The lowest BCUT2D eigenvalue weighted by Crippen LogP contribution is -2.31. The van der Waals surface area contributed by atoms with Gasteiger partial charge >= 0.3 is 18.3 Å². The van der Waals surface area contributed by atoms with Crippen LogP contribution in [0.25, 0.3) is 0 Å². The Labute approximate surface area is 166 Å². The minimum atomic E-state index is -0.900. The van der Waals surface area contributed by atoms with E-state index in [9.17, 15) is 14.4 Å². The molecule has 0 heterocycles. The zero-order valence-corrected chi connectivity index (χ0v) is 17.4. The molecule has 162 valence electrons. The lowest BCUT2D eigenvalue weighted by Gasteiger charge is -2.18. The van der Waals surface area contributed by atoms with Crippen molar-refractivity contribution in [3.8, 4) is 0 Å². The summed E-state index contributed by atoms with van der Waals surface area (Å²) in [5.74, 6) is -0.215. The second kappa shape index (κ2) is 14.7. The lowest BCUT2D eigenvalue weighted by atomic mass is 10.2. The van der Waals surface area contributed by atoms with Gasteiger partial charge in [0, 0.05) is 5.57 Å². The summed E-state index contributed by atoms with van der Waals surface area (Å²) in [5.41, 5.74) is 0.280. The predicted molar refractivity (Wildman–Crippen MR) is 99.8 cm³/mol. The number of carbonyl (C=O) groups excluding carboxylic acids is 3. The van der Waals surface area contributed by atoms with E-state index in [-0.39, 0.29) is 57.1 Å². The third kappa shape index (κ3) is 14.8. The van der Waals surface area contributed by atoms with E-state index in [1.54, 1.807) is 0 Å². The van der Waals surface area contributed by atoms with Crippen LogP contribution in [-0.2, 0) is 33.2 Å². The maximum absolute atomic E-state index is 11.7. The molecule has 0 aliphatic heterocycles. The first-order valence-corrected chi connectivity index (χ1v) is 9.15. The van der Waals surface area contributed by atoms with Gasteiger partial charge in [0.25, 0.3) is 0 Å². The van der Waals surface area contributed by atoms with Crippen molar-refractivity contribution in [3.63, 3.8) is 0 Å². The Morgan fingerprint density at radius 1 is 0.750 bits per heavy atom. The predicted octanol–water partition coefficient (Wildman–Crippen LogP) is 3.11. The SMILES string of the molecule is C=C(C)C(=O)OCCOCC(COC(=O)OCC(C)C)OC(=O)OCC(C)C. The van der Waals surface area contributed by atoms with Gasteiger partial charge in [-0.15, -0.1) is 0 Å². The molecular formula is C19H32O9. The zero-order valence-electron chi connectivity index (χ0n) is 17.4. The molecule has 0 aliphatic rings. The second-order valence-corrected chi connectivity index (χ2v) is 6.95. The van der Waals surface area contributed by atoms with Crippen molar-refractivity contribution < 1.29 is 42.8 Å². The van der Waals surface area contributed by atoms with Gasteiger partial charge in [-0.2, -0.15) is 0 Å². The fourth-order valence-electron chi connectivity index (χ4n) is 1.49. The maximum Gasteiger partial charge on any atom is 0.508 e. The third-order valence-electron chi connectivity index (χ3n) is 2.83. The van der Waals surface area contributed by atoms with Gasteiger partial charge in [0.2, 0.25) is 0 Å². The van der Waals surface area contributed by atoms with Gasteiger partial charge in [-0.1, -0.05) is 34.3 Å². The summed E-state index contributed by atoms with van der Waals surface area (Å²) in [6.07, 6.45) is -2.66. The molecule has 0 fully saturated rings. The summed E-state index contributed by atoms with van der Waals surface area (Å²) in [7, 11) is 0. The largest absolute Gasteiger partial charge is 0.508 e. The van der Waals surface area contributed by atoms with Crippen molar-refractivity contribution in [2.24, 2.45) is 11.8 Å². The minimum absolute atomic E-state index is 0.00744. The molecule has 0 aromatic carbocycles. The van der Waals surface area contributed by atoms with Crippen LogP contribution < -0.4 is 0 Å². The average Bonchev–Trinajstić information content (AvgIpc) is 2.61. The molecule has 9 nitrogen and oxygen atoms in total. The van der Waals surface area contributed by atoms with Gasteiger partial charge in [-0.3, -0.25) is 0 Å². The molecule has 0 aliphatic carbocycles. The molecule has 0 saturated carbocycles. The zero-order chi connectivity index (χ0) is 21.5. The Hall–Kier alpha value is -2.29. The van der Waals surface area contributed by atoms with Gasteiger partial charge in [0.05, 0.1) is 26.4 Å². The van der Waals surface area contributed by atoms with E-state index in [4.69, 9.17) is 28.4 Å². The number of hydrogen-bond acceptors (Lipinski definition) is 9. The highest BCUT2D eigenvalue weighted by atomic mass is 16.8. The Bertz CT molecular complexity index is 500. The smallest absolute Gasteiger partial charge is 0.460 e. The van der Waals surface area contributed by atoms with E-state index >= 15 is 0 Å². The van der Waals surface area contributed by atoms with Crippen molar-refractivity contribution in [1.29, 1.82) is 0 Å². The van der Waals surface area contributed by atoms with Crippen LogP contribution in [0.1, 0.15) is 34.6 Å². The molecule has 0 N–H and O–H groups in total. The van der Waals surface area contributed by atoms with Crippen LogP contribution >= 0.6 is 0 Å². The van der Waals surface area contributed by atoms with Gasteiger partial charge in [-0.25, -0.2) is 14.4 Å². The molecule has 1 unspecified atom stereocenters. The van der Waals surface area contributed by atoms with Crippen LogP contribution in [0.5, 0.6) is 0 Å². The highest BCUT2D eigenvalue weighted by molar-refractivity contribution is 5.86. The van der Waals surface area contributed by atoms with Gasteiger partial charge in [-0.05, 0) is 18.8 Å². The van der Waals surface area contributed by atoms with Crippen LogP contribution in [0.3, 0.4) is 0 Å². The third-order valence-corrected chi connectivity index (χ3v) is 2.83. The van der Waals surface area contributed by atoms with Crippen molar-refractivity contribution in [3.05, 3.63) is 12.2 Å². The van der Waals surface area contributed by atoms with Crippen LogP contribution in [-0.4, -0.2) is 64.0 Å². The van der Waals surface area contributed by atoms with E-state index in [1.165, 1.54) is 6.92 Å². The molecule has 0 aromatic rings. The van der Waals surface area contributed by atoms with E-state index < -0.39 is 24.4 Å². The Morgan fingerprint density at radius 3 is 1.82 bits per heavy atom. The van der Waals surface area contributed by atoms with Gasteiger partial charge in [0.1, 0.15) is 13.2 Å². The first-order valence-electron chi connectivity index (χ1n) is 9.15. The van der Waals surface area contributed by atoms with E-state index in [0.717, 1.165) is 0 Å². The maximum atomic E-state index is 11.7. The highest BCUT2D eigenvalue weighted by Gasteiger charge is 2.19. The summed E-state index contributed by atoms with van der Waals surface area (Å²) in [6, 6.07) is 0. The number of hydrogen-bond donors (Lipinski definition) is 0. The quantitative estimate of drug-likeness (QED) is 0.198. The molecule has 9 heteroatoms. The van der Waals surface area contributed by atoms with Crippen LogP contribution in [0.4, 0.5) is 9.59 Å². The van der Waals surface area contributed by atoms with E-state index in [2.05, 4.69) is 6.58 Å². The van der Waals surface area contributed by atoms with Gasteiger partial charge < -0.3 is 28.4 Å². The van der Waals surface area contributed by atoms with Crippen LogP contribution in [0.2, 0.25) is 0 Å². The van der Waals surface area contributed by atoms with Crippen LogP contribution in [0, 0.1) is 11.8 Å². The first-order chi connectivity index (χ1) is 13.1. The Kier molecular flexibility index (Phi) is 13.5. The Morgan fingerprint density at radius 2 is 1.29 bits per heavy atom. The number of rotatable bonds is 13. The highest BCUT2D eigenvalue weighted by Crippen LogP contribution is 2.03. The molecule has 28 heavy (non-hydrogen) atoms. The molecule has 0 amide bonds. The average molecular weight is 404 g/mol. The molecule has 0 rings (SSSR count). The number of esters is 1. The molecule has 0 spiro atoms. The molecule has 1 atom stereocenters. The van der Waals surface area contributed by atoms with E-state index in [0.29, 0.717) is 0 Å². The molecular weight excluding hydrogens is 372 g/mol. The fraction of sp³-hybridized carbons (Fsp3) is 0.737. The molecule has 0 saturated heterocycles. The van der Waals surface area contributed by atoms with Crippen LogP contribution in [0.15, 0.2) is 12.2 Å². The molecule has 0 bridgehead atoms.